The average molecular weight is 152 g/mol. The van der Waals surface area contributed by atoms with Gasteiger partial charge in [-0.25, -0.2) is 0 Å². The van der Waals surface area contributed by atoms with Gasteiger partial charge in [-0.15, -0.1) is 0 Å². The second-order valence-electron chi connectivity index (χ2n) is 4.83. The highest BCUT2D eigenvalue weighted by Crippen LogP contribution is 2.40. The zero-order valence-electron chi connectivity index (χ0n) is 8.28. The van der Waals surface area contributed by atoms with Gasteiger partial charge in [0.15, 0.2) is 0 Å². The fourth-order valence-corrected chi connectivity index (χ4v) is 1.50. The Kier molecular flexibility index (Phi) is 2.13. The van der Waals surface area contributed by atoms with Crippen molar-refractivity contribution in [3.8, 4) is 0 Å². The second kappa shape index (κ2) is 2.66. The van der Waals surface area contributed by atoms with Gasteiger partial charge in [-0.3, -0.25) is 0 Å². The Balaban J connectivity index is 2.70. The molecule has 1 rings (SSSR count). The van der Waals surface area contributed by atoms with E-state index in [1.54, 1.807) is 0 Å². The maximum Gasteiger partial charge on any atom is -0.0149 e. The second-order valence-corrected chi connectivity index (χ2v) is 4.83. The van der Waals surface area contributed by atoms with Crippen LogP contribution in [-0.2, 0) is 0 Å². The summed E-state index contributed by atoms with van der Waals surface area (Å²) in [7, 11) is 0. The summed E-state index contributed by atoms with van der Waals surface area (Å²) in [6, 6.07) is 0. The normalized spacial score (nSPS) is 35.6. The van der Waals surface area contributed by atoms with Gasteiger partial charge in [-0.05, 0) is 30.1 Å². The Hall–Kier alpha value is -0.260. The molecule has 1 aliphatic carbocycles. The standard InChI is InChI=1S/C11H20/c1-5-11(4)8-6-10(2,3)7-9-11/h6,8H,5,7,9H2,1-4H3/t11-/m1/s1. The number of allylic oxidation sites excluding steroid dienone is 2. The minimum atomic E-state index is 0.453. The first-order valence-corrected chi connectivity index (χ1v) is 4.68. The van der Waals surface area contributed by atoms with E-state index in [0.717, 1.165) is 0 Å². The molecule has 0 aromatic heterocycles. The smallest absolute Gasteiger partial charge is 0.0149 e. The lowest BCUT2D eigenvalue weighted by Gasteiger charge is -2.35. The molecule has 0 heteroatoms. The van der Waals surface area contributed by atoms with Crippen molar-refractivity contribution in [1.29, 1.82) is 0 Å². The first kappa shape index (κ1) is 8.83. The maximum absolute atomic E-state index is 2.41. The van der Waals surface area contributed by atoms with Gasteiger partial charge >= 0.3 is 0 Å². The third kappa shape index (κ3) is 2.08. The Morgan fingerprint density at radius 3 is 2.09 bits per heavy atom. The molecule has 0 fully saturated rings. The molecule has 0 amide bonds. The molecule has 64 valence electrons. The minimum absolute atomic E-state index is 0.453. The summed E-state index contributed by atoms with van der Waals surface area (Å²) >= 11 is 0. The van der Waals surface area contributed by atoms with Crippen LogP contribution in [0.5, 0.6) is 0 Å². The Bertz CT molecular complexity index is 165. The first-order chi connectivity index (χ1) is 4.97. The third-order valence-corrected chi connectivity index (χ3v) is 3.09. The largest absolute Gasteiger partial charge is 0.0823 e. The molecule has 0 bridgehead atoms. The lowest BCUT2D eigenvalue weighted by molar-refractivity contribution is 0.272. The van der Waals surface area contributed by atoms with Gasteiger partial charge in [0.1, 0.15) is 0 Å². The van der Waals surface area contributed by atoms with Crippen molar-refractivity contribution >= 4 is 0 Å². The average Bonchev–Trinajstić information content (AvgIpc) is 1.97. The first-order valence-electron chi connectivity index (χ1n) is 4.68. The predicted octanol–water partition coefficient (Wildman–Crippen LogP) is 3.78. The van der Waals surface area contributed by atoms with Crippen LogP contribution >= 0.6 is 0 Å². The van der Waals surface area contributed by atoms with Crippen molar-refractivity contribution < 1.29 is 0 Å². The molecule has 0 aromatic rings. The van der Waals surface area contributed by atoms with E-state index < -0.39 is 0 Å². The molecular weight excluding hydrogens is 132 g/mol. The highest BCUT2D eigenvalue weighted by molar-refractivity contribution is 5.07. The van der Waals surface area contributed by atoms with Gasteiger partial charge in [0, 0.05) is 0 Å². The quantitative estimate of drug-likeness (QED) is 0.502. The molecule has 0 radical (unpaired) electrons. The van der Waals surface area contributed by atoms with Crippen molar-refractivity contribution in [3.05, 3.63) is 12.2 Å². The SMILES string of the molecule is CC[C@]1(C)C=CC(C)(C)CC1. The summed E-state index contributed by atoms with van der Waals surface area (Å²) in [4.78, 5) is 0. The molecule has 0 spiro atoms. The number of hydrogen-bond acceptors (Lipinski definition) is 0. The molecule has 0 N–H and O–H groups in total. The van der Waals surface area contributed by atoms with Crippen LogP contribution in [0.15, 0.2) is 12.2 Å². The molecule has 11 heavy (non-hydrogen) atoms. The van der Waals surface area contributed by atoms with Crippen LogP contribution in [0.4, 0.5) is 0 Å². The van der Waals surface area contributed by atoms with Crippen molar-refractivity contribution in [2.75, 3.05) is 0 Å². The molecule has 0 saturated heterocycles. The zero-order valence-corrected chi connectivity index (χ0v) is 8.28. The Morgan fingerprint density at radius 2 is 1.73 bits per heavy atom. The fourth-order valence-electron chi connectivity index (χ4n) is 1.50. The Morgan fingerprint density at radius 1 is 1.09 bits per heavy atom. The van der Waals surface area contributed by atoms with E-state index in [1.807, 2.05) is 0 Å². The summed E-state index contributed by atoms with van der Waals surface area (Å²) in [5.74, 6) is 0. The van der Waals surface area contributed by atoms with E-state index in [1.165, 1.54) is 19.3 Å². The van der Waals surface area contributed by atoms with Gasteiger partial charge in [0.25, 0.3) is 0 Å². The lowest BCUT2D eigenvalue weighted by atomic mass is 9.70. The van der Waals surface area contributed by atoms with Gasteiger partial charge in [-0.2, -0.15) is 0 Å². The predicted molar refractivity (Wildman–Crippen MR) is 50.6 cm³/mol. The monoisotopic (exact) mass is 152 g/mol. The third-order valence-electron chi connectivity index (χ3n) is 3.09. The summed E-state index contributed by atoms with van der Waals surface area (Å²) in [6.45, 7) is 9.28. The molecule has 1 atom stereocenters. The van der Waals surface area contributed by atoms with Crippen LogP contribution in [0.2, 0.25) is 0 Å². The molecule has 0 aliphatic heterocycles. The number of hydrogen-bond donors (Lipinski definition) is 0. The van der Waals surface area contributed by atoms with Crippen molar-refractivity contribution in [2.45, 2.75) is 47.0 Å². The van der Waals surface area contributed by atoms with Crippen molar-refractivity contribution in [2.24, 2.45) is 10.8 Å². The highest BCUT2D eigenvalue weighted by atomic mass is 14.3. The van der Waals surface area contributed by atoms with Crippen LogP contribution in [0.3, 0.4) is 0 Å². The van der Waals surface area contributed by atoms with Crippen molar-refractivity contribution in [1.82, 2.24) is 0 Å². The molecule has 0 heterocycles. The molecule has 0 saturated carbocycles. The zero-order chi connectivity index (χ0) is 8.54. The summed E-state index contributed by atoms with van der Waals surface area (Å²) in [5.41, 5.74) is 0.949. The van der Waals surface area contributed by atoms with E-state index in [4.69, 9.17) is 0 Å². The maximum atomic E-state index is 2.41. The topological polar surface area (TPSA) is 0 Å². The van der Waals surface area contributed by atoms with E-state index in [-0.39, 0.29) is 0 Å². The summed E-state index contributed by atoms with van der Waals surface area (Å²) in [6.07, 6.45) is 8.77. The van der Waals surface area contributed by atoms with E-state index in [2.05, 4.69) is 39.8 Å². The molecule has 1 aliphatic rings. The molecule has 0 aromatic carbocycles. The van der Waals surface area contributed by atoms with Crippen LogP contribution in [-0.4, -0.2) is 0 Å². The van der Waals surface area contributed by atoms with Crippen LogP contribution in [0.25, 0.3) is 0 Å². The van der Waals surface area contributed by atoms with Crippen LogP contribution in [0.1, 0.15) is 47.0 Å². The van der Waals surface area contributed by atoms with E-state index in [9.17, 15) is 0 Å². The van der Waals surface area contributed by atoms with Crippen LogP contribution < -0.4 is 0 Å². The van der Waals surface area contributed by atoms with Crippen LogP contribution in [0, 0.1) is 10.8 Å². The molecule has 0 nitrogen and oxygen atoms in total. The van der Waals surface area contributed by atoms with Gasteiger partial charge in [0.05, 0.1) is 0 Å². The summed E-state index contributed by atoms with van der Waals surface area (Å²) < 4.78 is 0. The molecular formula is C11H20. The molecule has 0 unspecified atom stereocenters. The Labute approximate surface area is 70.7 Å². The van der Waals surface area contributed by atoms with Gasteiger partial charge in [0.2, 0.25) is 0 Å². The summed E-state index contributed by atoms with van der Waals surface area (Å²) in [5, 5.41) is 0. The minimum Gasteiger partial charge on any atom is -0.0823 e. The number of rotatable bonds is 1. The van der Waals surface area contributed by atoms with Gasteiger partial charge in [-0.1, -0.05) is 39.8 Å². The van der Waals surface area contributed by atoms with Crippen molar-refractivity contribution in [3.63, 3.8) is 0 Å². The van der Waals surface area contributed by atoms with Gasteiger partial charge < -0.3 is 0 Å². The van der Waals surface area contributed by atoms with E-state index in [0.29, 0.717) is 10.8 Å². The lowest BCUT2D eigenvalue weighted by Crippen LogP contribution is -2.22. The highest BCUT2D eigenvalue weighted by Gasteiger charge is 2.27. The van der Waals surface area contributed by atoms with E-state index >= 15 is 0 Å². The fraction of sp³-hybridized carbons (Fsp3) is 0.818.